The molecule has 2 bridgehead atoms. The number of rotatable bonds is 2. The van der Waals surface area contributed by atoms with Gasteiger partial charge in [-0.3, -0.25) is 0 Å². The number of aliphatic hydroxyl groups is 2. The van der Waals surface area contributed by atoms with Crippen molar-refractivity contribution in [1.82, 2.24) is 0 Å². The second-order valence-corrected chi connectivity index (χ2v) is 4.26. The zero-order valence-electron chi connectivity index (χ0n) is 6.79. The zero-order chi connectivity index (χ0) is 7.90. The molecule has 0 aromatic heterocycles. The summed E-state index contributed by atoms with van der Waals surface area (Å²) < 4.78 is 0. The molecule has 2 atom stereocenters. The van der Waals surface area contributed by atoms with E-state index >= 15 is 0 Å². The fourth-order valence-electron chi connectivity index (χ4n) is 3.00. The predicted molar refractivity (Wildman–Crippen MR) is 42.1 cm³/mol. The highest BCUT2D eigenvalue weighted by molar-refractivity contribution is 4.99. The van der Waals surface area contributed by atoms with Crippen molar-refractivity contribution in [3.63, 3.8) is 0 Å². The van der Waals surface area contributed by atoms with Gasteiger partial charge in [-0.15, -0.1) is 0 Å². The van der Waals surface area contributed by atoms with Crippen LogP contribution in [0.2, 0.25) is 0 Å². The summed E-state index contributed by atoms with van der Waals surface area (Å²) in [6.45, 7) is 0.370. The lowest BCUT2D eigenvalue weighted by Gasteiger charge is -2.33. The van der Waals surface area contributed by atoms with Crippen LogP contribution in [-0.4, -0.2) is 23.4 Å². The minimum atomic E-state index is -0.0943. The molecule has 11 heavy (non-hydrogen) atoms. The first-order valence-corrected chi connectivity index (χ1v) is 4.52. The van der Waals surface area contributed by atoms with Gasteiger partial charge in [0.15, 0.2) is 0 Å². The van der Waals surface area contributed by atoms with E-state index in [0.29, 0.717) is 5.92 Å². The van der Waals surface area contributed by atoms with Gasteiger partial charge in [-0.2, -0.15) is 0 Å². The molecule has 2 rings (SSSR count). The highest BCUT2D eigenvalue weighted by Crippen LogP contribution is 2.55. The fourth-order valence-corrected chi connectivity index (χ4v) is 3.00. The van der Waals surface area contributed by atoms with Crippen LogP contribution in [0.15, 0.2) is 0 Å². The van der Waals surface area contributed by atoms with E-state index in [4.69, 9.17) is 0 Å². The Labute approximate surface area is 67.2 Å². The summed E-state index contributed by atoms with van der Waals surface area (Å²) in [4.78, 5) is 0. The molecule has 2 aliphatic rings. The minimum Gasteiger partial charge on any atom is -0.396 e. The van der Waals surface area contributed by atoms with Gasteiger partial charge in [0.25, 0.3) is 0 Å². The van der Waals surface area contributed by atoms with E-state index in [1.165, 1.54) is 19.3 Å². The van der Waals surface area contributed by atoms with Crippen molar-refractivity contribution in [1.29, 1.82) is 0 Å². The Morgan fingerprint density at radius 2 is 1.91 bits per heavy atom. The van der Waals surface area contributed by atoms with E-state index < -0.39 is 0 Å². The van der Waals surface area contributed by atoms with Crippen molar-refractivity contribution in [2.45, 2.75) is 25.7 Å². The molecule has 64 valence electrons. The van der Waals surface area contributed by atoms with Gasteiger partial charge in [-0.05, 0) is 31.1 Å². The Morgan fingerprint density at radius 1 is 1.18 bits per heavy atom. The van der Waals surface area contributed by atoms with Gasteiger partial charge in [0.05, 0.1) is 13.2 Å². The lowest BCUT2D eigenvalue weighted by Crippen LogP contribution is -2.35. The van der Waals surface area contributed by atoms with Crippen LogP contribution in [0.25, 0.3) is 0 Å². The van der Waals surface area contributed by atoms with E-state index in [9.17, 15) is 10.2 Å². The minimum absolute atomic E-state index is 0.0943. The molecule has 0 unspecified atom stereocenters. The smallest absolute Gasteiger partial charge is 0.0512 e. The van der Waals surface area contributed by atoms with Gasteiger partial charge in [0, 0.05) is 5.41 Å². The first-order valence-electron chi connectivity index (χ1n) is 4.52. The normalized spacial score (nSPS) is 39.8. The standard InChI is InChI=1S/C9H16O2/c10-5-9(6-11)4-7-1-2-8(9)3-7/h7-8,10-11H,1-6H2/t7-,8+/m0/s1. The van der Waals surface area contributed by atoms with Gasteiger partial charge in [-0.1, -0.05) is 6.42 Å². The van der Waals surface area contributed by atoms with Gasteiger partial charge < -0.3 is 10.2 Å². The van der Waals surface area contributed by atoms with Crippen molar-refractivity contribution in [2.75, 3.05) is 13.2 Å². The van der Waals surface area contributed by atoms with Crippen LogP contribution in [0.4, 0.5) is 0 Å². The molecule has 0 radical (unpaired) electrons. The number of hydrogen-bond donors (Lipinski definition) is 2. The average molecular weight is 156 g/mol. The van der Waals surface area contributed by atoms with E-state index in [1.54, 1.807) is 0 Å². The molecule has 2 nitrogen and oxygen atoms in total. The zero-order valence-corrected chi connectivity index (χ0v) is 6.79. The van der Waals surface area contributed by atoms with Gasteiger partial charge in [-0.25, -0.2) is 0 Å². The first-order chi connectivity index (χ1) is 5.30. The van der Waals surface area contributed by atoms with Crippen LogP contribution in [-0.2, 0) is 0 Å². The third-order valence-corrected chi connectivity index (χ3v) is 3.73. The molecule has 2 saturated carbocycles. The van der Waals surface area contributed by atoms with E-state index in [-0.39, 0.29) is 18.6 Å². The highest BCUT2D eigenvalue weighted by atomic mass is 16.3. The highest BCUT2D eigenvalue weighted by Gasteiger charge is 2.49. The maximum absolute atomic E-state index is 9.18. The summed E-state index contributed by atoms with van der Waals surface area (Å²) in [6, 6.07) is 0. The Balaban J connectivity index is 2.14. The van der Waals surface area contributed by atoms with Crippen LogP contribution < -0.4 is 0 Å². The molecule has 0 spiro atoms. The maximum atomic E-state index is 9.18. The topological polar surface area (TPSA) is 40.5 Å². The summed E-state index contributed by atoms with van der Waals surface area (Å²) in [5.74, 6) is 1.42. The average Bonchev–Trinajstić information content (AvgIpc) is 2.62. The van der Waals surface area contributed by atoms with Crippen molar-refractivity contribution >= 4 is 0 Å². The van der Waals surface area contributed by atoms with Crippen molar-refractivity contribution in [3.05, 3.63) is 0 Å². The first kappa shape index (κ1) is 7.56. The molecule has 0 saturated heterocycles. The van der Waals surface area contributed by atoms with Crippen molar-refractivity contribution < 1.29 is 10.2 Å². The van der Waals surface area contributed by atoms with Crippen LogP contribution in [0.5, 0.6) is 0 Å². The summed E-state index contributed by atoms with van der Waals surface area (Å²) in [6.07, 6.45) is 4.87. The Kier molecular flexibility index (Phi) is 1.69. The van der Waals surface area contributed by atoms with Crippen molar-refractivity contribution in [2.24, 2.45) is 17.3 Å². The molecule has 2 fully saturated rings. The van der Waals surface area contributed by atoms with Crippen molar-refractivity contribution in [3.8, 4) is 0 Å². The second-order valence-electron chi connectivity index (χ2n) is 4.26. The SMILES string of the molecule is OCC1(CO)C[C@H]2CC[C@@H]1C2. The molecule has 0 aromatic carbocycles. The van der Waals surface area contributed by atoms with Crippen LogP contribution in [0, 0.1) is 17.3 Å². The largest absolute Gasteiger partial charge is 0.396 e. The second kappa shape index (κ2) is 2.46. The quantitative estimate of drug-likeness (QED) is 0.620. The Bertz CT molecular complexity index is 152. The Hall–Kier alpha value is -0.0800. The summed E-state index contributed by atoms with van der Waals surface area (Å²) >= 11 is 0. The summed E-state index contributed by atoms with van der Waals surface area (Å²) in [5.41, 5.74) is -0.0943. The van der Waals surface area contributed by atoms with E-state index in [0.717, 1.165) is 12.3 Å². The van der Waals surface area contributed by atoms with Crippen LogP contribution >= 0.6 is 0 Å². The van der Waals surface area contributed by atoms with E-state index in [1.807, 2.05) is 0 Å². The lowest BCUT2D eigenvalue weighted by molar-refractivity contribution is 0.00864. The monoisotopic (exact) mass is 156 g/mol. The maximum Gasteiger partial charge on any atom is 0.0512 e. The van der Waals surface area contributed by atoms with Gasteiger partial charge in [0.1, 0.15) is 0 Å². The third-order valence-electron chi connectivity index (χ3n) is 3.73. The number of aliphatic hydroxyl groups excluding tert-OH is 2. The molecule has 2 N–H and O–H groups in total. The summed E-state index contributed by atoms with van der Waals surface area (Å²) in [5, 5.41) is 18.4. The predicted octanol–water partition coefficient (Wildman–Crippen LogP) is 0.777. The third kappa shape index (κ3) is 0.926. The fraction of sp³-hybridized carbons (Fsp3) is 1.00. The molecule has 2 aliphatic carbocycles. The van der Waals surface area contributed by atoms with Crippen LogP contribution in [0.1, 0.15) is 25.7 Å². The van der Waals surface area contributed by atoms with E-state index in [2.05, 4.69) is 0 Å². The van der Waals surface area contributed by atoms with Gasteiger partial charge >= 0.3 is 0 Å². The molecule has 0 heterocycles. The number of hydrogen-bond acceptors (Lipinski definition) is 2. The van der Waals surface area contributed by atoms with Gasteiger partial charge in [0.2, 0.25) is 0 Å². The molecule has 0 amide bonds. The molecule has 0 aromatic rings. The summed E-state index contributed by atoms with van der Waals surface area (Å²) in [7, 11) is 0. The van der Waals surface area contributed by atoms with Crippen LogP contribution in [0.3, 0.4) is 0 Å². The Morgan fingerprint density at radius 3 is 2.18 bits per heavy atom. The lowest BCUT2D eigenvalue weighted by atomic mass is 9.74. The molecule has 2 heteroatoms. The molecular formula is C9H16O2. The molecule has 0 aliphatic heterocycles. The molecular weight excluding hydrogens is 140 g/mol. The number of fused-ring (bicyclic) bond motifs is 2.